The molecule has 0 saturated carbocycles. The van der Waals surface area contributed by atoms with Crippen LogP contribution in [-0.4, -0.2) is 35.9 Å². The van der Waals surface area contributed by atoms with Gasteiger partial charge >= 0.3 is 0 Å². The van der Waals surface area contributed by atoms with E-state index in [9.17, 15) is 4.79 Å². The highest BCUT2D eigenvalue weighted by molar-refractivity contribution is 5.98. The van der Waals surface area contributed by atoms with Crippen LogP contribution in [0.15, 0.2) is 66.0 Å². The van der Waals surface area contributed by atoms with E-state index in [2.05, 4.69) is 55.3 Å². The molecule has 6 heteroatoms. The van der Waals surface area contributed by atoms with Crippen LogP contribution in [0.3, 0.4) is 0 Å². The number of rotatable bonds is 7. The van der Waals surface area contributed by atoms with Gasteiger partial charge in [-0.2, -0.15) is 5.10 Å². The van der Waals surface area contributed by atoms with Gasteiger partial charge in [-0.3, -0.25) is 4.79 Å². The first-order valence-corrected chi connectivity index (χ1v) is 11.9. The van der Waals surface area contributed by atoms with E-state index in [1.54, 1.807) is 19.4 Å². The third-order valence-corrected chi connectivity index (χ3v) is 6.59. The Morgan fingerprint density at radius 2 is 1.91 bits per heavy atom. The average Bonchev–Trinajstić information content (AvgIpc) is 3.36. The van der Waals surface area contributed by atoms with Crippen molar-refractivity contribution < 1.29 is 9.53 Å². The molecule has 3 aromatic rings. The minimum atomic E-state index is -0.262. The van der Waals surface area contributed by atoms with Crippen LogP contribution in [0.25, 0.3) is 5.69 Å². The van der Waals surface area contributed by atoms with Crippen molar-refractivity contribution >= 4 is 17.8 Å². The van der Waals surface area contributed by atoms with E-state index >= 15 is 0 Å². The summed E-state index contributed by atoms with van der Waals surface area (Å²) in [5.74, 6) is 0.899. The molecule has 0 spiro atoms. The molecule has 1 aromatic heterocycles. The number of carbonyl (C=O) groups excluding carboxylic acids is 1. The SMILES string of the molecule is CCCN1c2cc(OC)c(/C=N\NC(=O)c3ccccc3-n3cccc3)cc2C(C)CC1(C)C. The number of benzene rings is 2. The van der Waals surface area contributed by atoms with Crippen LogP contribution >= 0.6 is 0 Å². The predicted octanol–water partition coefficient (Wildman–Crippen LogP) is 5.75. The summed E-state index contributed by atoms with van der Waals surface area (Å²) in [6.45, 7) is 10.1. The lowest BCUT2D eigenvalue weighted by molar-refractivity contribution is 0.0955. The largest absolute Gasteiger partial charge is 0.496 e. The molecular formula is C28H34N4O2. The number of nitrogens with one attached hydrogen (secondary N) is 1. The smallest absolute Gasteiger partial charge is 0.273 e. The van der Waals surface area contributed by atoms with Gasteiger partial charge < -0.3 is 14.2 Å². The van der Waals surface area contributed by atoms with Gasteiger partial charge in [0.25, 0.3) is 5.91 Å². The van der Waals surface area contributed by atoms with Gasteiger partial charge in [-0.25, -0.2) is 5.43 Å². The highest BCUT2D eigenvalue weighted by Gasteiger charge is 2.36. The number of anilines is 1. The monoisotopic (exact) mass is 458 g/mol. The second kappa shape index (κ2) is 9.75. The molecule has 1 aliphatic rings. The summed E-state index contributed by atoms with van der Waals surface area (Å²) < 4.78 is 7.63. The number of hydrogen-bond acceptors (Lipinski definition) is 4. The van der Waals surface area contributed by atoms with Gasteiger partial charge in [-0.05, 0) is 68.5 Å². The van der Waals surface area contributed by atoms with Gasteiger partial charge in [0.2, 0.25) is 0 Å². The van der Waals surface area contributed by atoms with Crippen molar-refractivity contribution in [2.45, 2.75) is 52.0 Å². The van der Waals surface area contributed by atoms with Crippen molar-refractivity contribution in [3.8, 4) is 11.4 Å². The maximum atomic E-state index is 12.9. The highest BCUT2D eigenvalue weighted by Crippen LogP contribution is 2.45. The second-order valence-corrected chi connectivity index (χ2v) is 9.53. The van der Waals surface area contributed by atoms with E-state index in [1.807, 2.05) is 47.3 Å². The van der Waals surface area contributed by atoms with Gasteiger partial charge in [0.1, 0.15) is 5.75 Å². The Kier molecular flexibility index (Phi) is 6.77. The fourth-order valence-corrected chi connectivity index (χ4v) is 5.06. The first-order valence-electron chi connectivity index (χ1n) is 11.9. The number of hydrazone groups is 1. The van der Waals surface area contributed by atoms with Crippen molar-refractivity contribution in [2.24, 2.45) is 5.10 Å². The van der Waals surface area contributed by atoms with Crippen molar-refractivity contribution in [3.05, 3.63) is 77.6 Å². The van der Waals surface area contributed by atoms with Crippen LogP contribution in [0.2, 0.25) is 0 Å². The molecule has 0 radical (unpaired) electrons. The molecule has 1 atom stereocenters. The first kappa shape index (κ1) is 23.6. The highest BCUT2D eigenvalue weighted by atomic mass is 16.5. The van der Waals surface area contributed by atoms with Crippen LogP contribution in [-0.2, 0) is 0 Å². The number of aromatic nitrogens is 1. The number of amides is 1. The first-order chi connectivity index (χ1) is 16.4. The van der Waals surface area contributed by atoms with E-state index in [0.717, 1.165) is 36.4 Å². The summed E-state index contributed by atoms with van der Waals surface area (Å²) in [7, 11) is 1.67. The standard InChI is InChI=1S/C28H34N4O2/c1-6-13-32-25-17-26(34-5)21(16-23(25)20(2)18-28(32,3)4)19-29-30-27(33)22-11-7-8-12-24(22)31-14-9-10-15-31/h7-12,14-17,19-20H,6,13,18H2,1-5H3,(H,30,33)/b29-19-. The zero-order chi connectivity index (χ0) is 24.3. The van der Waals surface area contributed by atoms with Gasteiger partial charge in [0.15, 0.2) is 0 Å². The number of nitrogens with zero attached hydrogens (tertiary/aromatic N) is 3. The Hall–Kier alpha value is -3.54. The molecule has 0 aliphatic carbocycles. The minimum Gasteiger partial charge on any atom is -0.496 e. The molecule has 1 N–H and O–H groups in total. The topological polar surface area (TPSA) is 58.9 Å². The number of hydrogen-bond donors (Lipinski definition) is 1. The summed E-state index contributed by atoms with van der Waals surface area (Å²) in [6.07, 6.45) is 7.66. The Bertz CT molecular complexity index is 1180. The molecule has 0 fully saturated rings. The molecule has 0 bridgehead atoms. The number of ether oxygens (including phenoxy) is 1. The maximum Gasteiger partial charge on any atom is 0.273 e. The zero-order valence-electron chi connectivity index (χ0n) is 20.7. The van der Waals surface area contributed by atoms with E-state index in [0.29, 0.717) is 11.5 Å². The summed E-state index contributed by atoms with van der Waals surface area (Å²) in [5.41, 5.74) is 7.50. The van der Waals surface area contributed by atoms with Crippen molar-refractivity contribution in [3.63, 3.8) is 0 Å². The predicted molar refractivity (Wildman–Crippen MR) is 139 cm³/mol. The lowest BCUT2D eigenvalue weighted by Crippen LogP contribution is -2.48. The lowest BCUT2D eigenvalue weighted by Gasteiger charge is -2.47. The Morgan fingerprint density at radius 3 is 2.62 bits per heavy atom. The zero-order valence-corrected chi connectivity index (χ0v) is 20.7. The van der Waals surface area contributed by atoms with E-state index in [4.69, 9.17) is 4.74 Å². The second-order valence-electron chi connectivity index (χ2n) is 9.53. The average molecular weight is 459 g/mol. The minimum absolute atomic E-state index is 0.0874. The Labute approximate surface area is 202 Å². The number of carbonyl (C=O) groups is 1. The summed E-state index contributed by atoms with van der Waals surface area (Å²) >= 11 is 0. The lowest BCUT2D eigenvalue weighted by atomic mass is 9.79. The van der Waals surface area contributed by atoms with Gasteiger partial charge in [0, 0.05) is 41.8 Å². The Balaban J connectivity index is 1.60. The van der Waals surface area contributed by atoms with E-state index in [1.165, 1.54) is 11.3 Å². The van der Waals surface area contributed by atoms with Crippen LogP contribution in [0.5, 0.6) is 5.75 Å². The Morgan fingerprint density at radius 1 is 1.18 bits per heavy atom. The van der Waals surface area contributed by atoms with E-state index < -0.39 is 0 Å². The van der Waals surface area contributed by atoms with Crippen molar-refractivity contribution in [1.82, 2.24) is 9.99 Å². The molecule has 2 aromatic carbocycles. The normalized spacial score (nSPS) is 17.0. The number of para-hydroxylation sites is 1. The fraction of sp³-hybridized carbons (Fsp3) is 0.357. The molecule has 178 valence electrons. The number of fused-ring (bicyclic) bond motifs is 1. The molecular weight excluding hydrogens is 424 g/mol. The molecule has 1 aliphatic heterocycles. The van der Waals surface area contributed by atoms with Gasteiger partial charge in [0.05, 0.1) is 24.6 Å². The van der Waals surface area contributed by atoms with Crippen LogP contribution in [0, 0.1) is 0 Å². The van der Waals surface area contributed by atoms with Crippen molar-refractivity contribution in [2.75, 3.05) is 18.6 Å². The molecule has 1 amide bonds. The van der Waals surface area contributed by atoms with Gasteiger partial charge in [-0.15, -0.1) is 0 Å². The van der Waals surface area contributed by atoms with E-state index in [-0.39, 0.29) is 11.4 Å². The number of methoxy groups -OCH3 is 1. The third-order valence-electron chi connectivity index (χ3n) is 6.59. The third kappa shape index (κ3) is 4.58. The molecule has 4 rings (SSSR count). The summed E-state index contributed by atoms with van der Waals surface area (Å²) in [6, 6.07) is 15.6. The fourth-order valence-electron chi connectivity index (χ4n) is 5.06. The molecule has 0 saturated heterocycles. The van der Waals surface area contributed by atoms with Crippen LogP contribution < -0.4 is 15.1 Å². The maximum absolute atomic E-state index is 12.9. The van der Waals surface area contributed by atoms with Crippen LogP contribution in [0.1, 0.15) is 67.9 Å². The van der Waals surface area contributed by atoms with Crippen LogP contribution in [0.4, 0.5) is 5.69 Å². The molecule has 2 heterocycles. The summed E-state index contributed by atoms with van der Waals surface area (Å²) in [4.78, 5) is 15.4. The van der Waals surface area contributed by atoms with Crippen molar-refractivity contribution in [1.29, 1.82) is 0 Å². The molecule has 6 nitrogen and oxygen atoms in total. The van der Waals surface area contributed by atoms with Gasteiger partial charge in [-0.1, -0.05) is 26.0 Å². The summed E-state index contributed by atoms with van der Waals surface area (Å²) in [5, 5.41) is 4.28. The molecule has 34 heavy (non-hydrogen) atoms. The quantitative estimate of drug-likeness (QED) is 0.362. The molecule has 1 unspecified atom stereocenters.